The van der Waals surface area contributed by atoms with Crippen LogP contribution in [0, 0.1) is 5.92 Å². The number of nitrogens with one attached hydrogen (secondary N) is 1. The number of nitrogens with zero attached hydrogens (tertiary/aromatic N) is 2. The normalized spacial score (nSPS) is 18.3. The summed E-state index contributed by atoms with van der Waals surface area (Å²) in [7, 11) is 0. The first kappa shape index (κ1) is 14.4. The lowest BCUT2D eigenvalue weighted by molar-refractivity contribution is 0.327. The first-order valence-electron chi connectivity index (χ1n) is 8.41. The molecule has 0 saturated carbocycles. The van der Waals surface area contributed by atoms with E-state index in [-0.39, 0.29) is 0 Å². The van der Waals surface area contributed by atoms with Crippen LogP contribution in [0.5, 0.6) is 0 Å². The van der Waals surface area contributed by atoms with E-state index in [9.17, 15) is 0 Å². The van der Waals surface area contributed by atoms with Crippen LogP contribution in [-0.4, -0.2) is 23.2 Å². The molecule has 0 amide bonds. The fourth-order valence-corrected chi connectivity index (χ4v) is 3.30. The van der Waals surface area contributed by atoms with Gasteiger partial charge >= 0.3 is 0 Å². The second-order valence-corrected chi connectivity index (χ2v) is 6.32. The SMILES string of the molecule is c1ccc2cc(-c3noc(CCC4CCCNC4)n3)ccc2c1. The van der Waals surface area contributed by atoms with Crippen molar-refractivity contribution in [2.45, 2.75) is 25.7 Å². The number of rotatable bonds is 4. The van der Waals surface area contributed by atoms with Crippen molar-refractivity contribution < 1.29 is 4.52 Å². The molecule has 1 aromatic heterocycles. The lowest BCUT2D eigenvalue weighted by atomic mass is 9.95. The minimum Gasteiger partial charge on any atom is -0.339 e. The topological polar surface area (TPSA) is 51.0 Å². The van der Waals surface area contributed by atoms with Gasteiger partial charge in [-0.1, -0.05) is 41.6 Å². The third-order valence-corrected chi connectivity index (χ3v) is 4.64. The summed E-state index contributed by atoms with van der Waals surface area (Å²) in [5, 5.41) is 10.0. The van der Waals surface area contributed by atoms with Gasteiger partial charge in [-0.25, -0.2) is 0 Å². The predicted octanol–water partition coefficient (Wildman–Crippen LogP) is 3.82. The molecule has 23 heavy (non-hydrogen) atoms. The number of aryl methyl sites for hydroxylation is 1. The van der Waals surface area contributed by atoms with Gasteiger partial charge in [0, 0.05) is 12.0 Å². The van der Waals surface area contributed by atoms with Crippen LogP contribution >= 0.6 is 0 Å². The maximum absolute atomic E-state index is 5.44. The molecule has 2 aromatic carbocycles. The fraction of sp³-hybridized carbons (Fsp3) is 0.368. The fourth-order valence-electron chi connectivity index (χ4n) is 3.30. The van der Waals surface area contributed by atoms with E-state index in [4.69, 9.17) is 4.52 Å². The van der Waals surface area contributed by atoms with Gasteiger partial charge in [0.25, 0.3) is 0 Å². The van der Waals surface area contributed by atoms with E-state index < -0.39 is 0 Å². The quantitative estimate of drug-likeness (QED) is 0.796. The highest BCUT2D eigenvalue weighted by atomic mass is 16.5. The molecule has 118 valence electrons. The lowest BCUT2D eigenvalue weighted by Gasteiger charge is -2.21. The largest absolute Gasteiger partial charge is 0.339 e. The molecule has 1 atom stereocenters. The van der Waals surface area contributed by atoms with Crippen molar-refractivity contribution in [3.05, 3.63) is 48.4 Å². The molecule has 1 fully saturated rings. The molecule has 1 aliphatic heterocycles. The predicted molar refractivity (Wildman–Crippen MR) is 91.2 cm³/mol. The lowest BCUT2D eigenvalue weighted by Crippen LogP contribution is -2.29. The van der Waals surface area contributed by atoms with Crippen molar-refractivity contribution in [1.29, 1.82) is 0 Å². The average molecular weight is 307 g/mol. The molecular weight excluding hydrogens is 286 g/mol. The molecular formula is C19H21N3O. The van der Waals surface area contributed by atoms with E-state index in [0.29, 0.717) is 5.82 Å². The molecule has 1 N–H and O–H groups in total. The maximum atomic E-state index is 5.44. The third-order valence-electron chi connectivity index (χ3n) is 4.64. The molecule has 3 aromatic rings. The summed E-state index contributed by atoms with van der Waals surface area (Å²) in [4.78, 5) is 4.57. The zero-order valence-electron chi connectivity index (χ0n) is 13.2. The molecule has 4 nitrogen and oxygen atoms in total. The average Bonchev–Trinajstić information content (AvgIpc) is 3.09. The summed E-state index contributed by atoms with van der Waals surface area (Å²) >= 11 is 0. The van der Waals surface area contributed by atoms with Crippen LogP contribution in [-0.2, 0) is 6.42 Å². The molecule has 4 heteroatoms. The number of hydrogen-bond acceptors (Lipinski definition) is 4. The standard InChI is InChI=1S/C19H21N3O/c1-2-6-16-12-17(9-8-15(16)5-1)19-21-18(23-22-19)10-7-14-4-3-11-20-13-14/h1-2,5-6,8-9,12,14,20H,3-4,7,10-11,13H2. The first-order chi connectivity index (χ1) is 11.4. The van der Waals surface area contributed by atoms with Gasteiger partial charge < -0.3 is 9.84 Å². The number of aromatic nitrogens is 2. The summed E-state index contributed by atoms with van der Waals surface area (Å²) in [6.07, 6.45) is 4.56. The molecule has 2 heterocycles. The molecule has 0 spiro atoms. The molecule has 1 unspecified atom stereocenters. The summed E-state index contributed by atoms with van der Waals surface area (Å²) in [6.45, 7) is 2.27. The highest BCUT2D eigenvalue weighted by Gasteiger charge is 2.15. The summed E-state index contributed by atoms with van der Waals surface area (Å²) in [5.41, 5.74) is 1.01. The van der Waals surface area contributed by atoms with Crippen LogP contribution < -0.4 is 5.32 Å². The Kier molecular flexibility index (Phi) is 4.07. The van der Waals surface area contributed by atoms with E-state index in [1.807, 2.05) is 6.07 Å². The zero-order chi connectivity index (χ0) is 15.5. The Morgan fingerprint density at radius 1 is 1.13 bits per heavy atom. The van der Waals surface area contributed by atoms with E-state index in [1.165, 1.54) is 23.6 Å². The van der Waals surface area contributed by atoms with E-state index in [0.717, 1.165) is 43.3 Å². The highest BCUT2D eigenvalue weighted by molar-refractivity contribution is 5.86. The van der Waals surface area contributed by atoms with Gasteiger partial charge in [-0.05, 0) is 55.1 Å². The van der Waals surface area contributed by atoms with Crippen molar-refractivity contribution in [1.82, 2.24) is 15.5 Å². The monoisotopic (exact) mass is 307 g/mol. The Balaban J connectivity index is 1.47. The van der Waals surface area contributed by atoms with E-state index in [1.54, 1.807) is 0 Å². The summed E-state index contributed by atoms with van der Waals surface area (Å²) in [6, 6.07) is 14.6. The molecule has 0 aliphatic carbocycles. The Hall–Kier alpha value is -2.20. The number of hydrogen-bond donors (Lipinski definition) is 1. The van der Waals surface area contributed by atoms with Gasteiger partial charge in [-0.2, -0.15) is 4.98 Å². The van der Waals surface area contributed by atoms with E-state index in [2.05, 4.69) is 51.9 Å². The van der Waals surface area contributed by atoms with Crippen molar-refractivity contribution in [2.24, 2.45) is 5.92 Å². The van der Waals surface area contributed by atoms with Crippen LogP contribution in [0.1, 0.15) is 25.2 Å². The zero-order valence-corrected chi connectivity index (χ0v) is 13.2. The van der Waals surface area contributed by atoms with Gasteiger partial charge in [-0.15, -0.1) is 0 Å². The second kappa shape index (κ2) is 6.50. The van der Waals surface area contributed by atoms with Crippen molar-refractivity contribution in [2.75, 3.05) is 13.1 Å². The summed E-state index contributed by atoms with van der Waals surface area (Å²) in [5.74, 6) is 2.17. The van der Waals surface area contributed by atoms with Gasteiger partial charge in [-0.3, -0.25) is 0 Å². The van der Waals surface area contributed by atoms with Gasteiger partial charge in [0.1, 0.15) is 0 Å². The molecule has 1 saturated heterocycles. The van der Waals surface area contributed by atoms with Crippen molar-refractivity contribution in [3.63, 3.8) is 0 Å². The van der Waals surface area contributed by atoms with Gasteiger partial charge in [0.2, 0.25) is 11.7 Å². The number of fused-ring (bicyclic) bond motifs is 1. The minimum absolute atomic E-state index is 0.688. The van der Waals surface area contributed by atoms with Crippen molar-refractivity contribution in [3.8, 4) is 11.4 Å². The van der Waals surface area contributed by atoms with Gasteiger partial charge in [0.05, 0.1) is 0 Å². The molecule has 0 radical (unpaired) electrons. The van der Waals surface area contributed by atoms with Crippen LogP contribution in [0.2, 0.25) is 0 Å². The Bertz CT molecular complexity index is 790. The van der Waals surface area contributed by atoms with Crippen LogP contribution in [0.25, 0.3) is 22.2 Å². The third kappa shape index (κ3) is 3.27. The molecule has 1 aliphatic rings. The Morgan fingerprint density at radius 2 is 2.04 bits per heavy atom. The molecule has 4 rings (SSSR count). The van der Waals surface area contributed by atoms with Crippen LogP contribution in [0.15, 0.2) is 47.0 Å². The van der Waals surface area contributed by atoms with Crippen molar-refractivity contribution >= 4 is 10.8 Å². The highest BCUT2D eigenvalue weighted by Crippen LogP contribution is 2.23. The van der Waals surface area contributed by atoms with Crippen LogP contribution in [0.4, 0.5) is 0 Å². The van der Waals surface area contributed by atoms with Gasteiger partial charge in [0.15, 0.2) is 0 Å². The molecule has 0 bridgehead atoms. The Labute approximate surface area is 135 Å². The van der Waals surface area contributed by atoms with E-state index >= 15 is 0 Å². The number of piperidine rings is 1. The Morgan fingerprint density at radius 3 is 2.91 bits per heavy atom. The smallest absolute Gasteiger partial charge is 0.226 e. The second-order valence-electron chi connectivity index (χ2n) is 6.32. The number of benzene rings is 2. The maximum Gasteiger partial charge on any atom is 0.226 e. The van der Waals surface area contributed by atoms with Crippen LogP contribution in [0.3, 0.4) is 0 Å². The first-order valence-corrected chi connectivity index (χ1v) is 8.41. The minimum atomic E-state index is 0.688. The summed E-state index contributed by atoms with van der Waals surface area (Å²) < 4.78 is 5.44.